The Bertz CT molecular complexity index is 779. The number of alkyl halides is 19. The first-order valence-corrected chi connectivity index (χ1v) is 8.89. The molecule has 0 saturated carbocycles. The number of carbonyl (C=O) groups excluding carboxylic acids is 1. The quantitative estimate of drug-likeness (QED) is 0.166. The highest BCUT2D eigenvalue weighted by molar-refractivity contribution is 5.87. The van der Waals surface area contributed by atoms with Crippen molar-refractivity contribution in [2.24, 2.45) is 0 Å². The standard InChI is InChI=1S/C14H12F19N3O/c1-2-3-4-34-6(37)8(19,10(22,23)24)11(25,26)35(7(17)18)12(27,28)13(29,30)36(14(31,32)33)9(20,21)5(15)16/h5,7H,2-4H2,1H3,(H,34,37). The van der Waals surface area contributed by atoms with Gasteiger partial charge in [0.1, 0.15) is 0 Å². The summed E-state index contributed by atoms with van der Waals surface area (Å²) < 4.78 is 253. The van der Waals surface area contributed by atoms with Gasteiger partial charge in [0.15, 0.2) is 0 Å². The van der Waals surface area contributed by atoms with Crippen LogP contribution in [0.15, 0.2) is 0 Å². The first-order valence-electron chi connectivity index (χ1n) is 8.89. The average molecular weight is 599 g/mol. The van der Waals surface area contributed by atoms with Crippen LogP contribution in [0.2, 0.25) is 0 Å². The van der Waals surface area contributed by atoms with Gasteiger partial charge in [0.05, 0.1) is 0 Å². The van der Waals surface area contributed by atoms with Crippen molar-refractivity contribution in [3.63, 3.8) is 0 Å². The van der Waals surface area contributed by atoms with Gasteiger partial charge in [-0.25, -0.2) is 13.2 Å². The third kappa shape index (κ3) is 6.05. The van der Waals surface area contributed by atoms with Crippen LogP contribution in [0.4, 0.5) is 83.4 Å². The molecule has 0 aromatic rings. The summed E-state index contributed by atoms with van der Waals surface area (Å²) in [4.78, 5) is 2.73. The van der Waals surface area contributed by atoms with Crippen molar-refractivity contribution < 1.29 is 88.2 Å². The second kappa shape index (κ2) is 10.7. The largest absolute Gasteiger partial charge is 0.469 e. The first kappa shape index (κ1) is 35.1. The van der Waals surface area contributed by atoms with Gasteiger partial charge >= 0.3 is 55.3 Å². The Kier molecular flexibility index (Phi) is 10.1. The highest BCUT2D eigenvalue weighted by atomic mass is 19.4. The molecule has 0 saturated heterocycles. The molecular formula is C14H12F19N3O. The molecule has 0 bridgehead atoms. The fourth-order valence-electron chi connectivity index (χ4n) is 2.42. The summed E-state index contributed by atoms with van der Waals surface area (Å²) in [6, 6.07) is -32.3. The SMILES string of the molecule is CCCCNC(=O)C(F)(C(F)(F)F)C(F)(F)N(C(F)F)C(F)(F)C(F)(F)N(C(F)(F)F)C(F)(F)C(F)F. The molecule has 1 unspecified atom stereocenters. The number of carbonyl (C=O) groups is 1. The second-order valence-electron chi connectivity index (χ2n) is 6.73. The zero-order chi connectivity index (χ0) is 30.2. The molecule has 0 heterocycles. The summed E-state index contributed by atoms with van der Waals surface area (Å²) in [6.07, 6.45) is -22.0. The Morgan fingerprint density at radius 2 is 1.16 bits per heavy atom. The van der Waals surface area contributed by atoms with Gasteiger partial charge in [-0.3, -0.25) is 4.79 Å². The predicted molar refractivity (Wildman–Crippen MR) is 79.3 cm³/mol. The number of hydrogen-bond donors (Lipinski definition) is 1. The average Bonchev–Trinajstić information content (AvgIpc) is 2.63. The van der Waals surface area contributed by atoms with Gasteiger partial charge in [0.25, 0.3) is 5.91 Å². The van der Waals surface area contributed by atoms with Crippen LogP contribution in [0, 0.1) is 0 Å². The molecule has 0 spiro atoms. The topological polar surface area (TPSA) is 35.6 Å². The van der Waals surface area contributed by atoms with E-state index in [9.17, 15) is 88.2 Å². The number of amides is 1. The van der Waals surface area contributed by atoms with E-state index in [-0.39, 0.29) is 6.42 Å². The van der Waals surface area contributed by atoms with Crippen molar-refractivity contribution >= 4 is 5.91 Å². The molecule has 0 rings (SSSR count). The highest BCUT2D eigenvalue weighted by Gasteiger charge is 2.86. The number of unbranched alkanes of at least 4 members (excludes halogenated alkanes) is 1. The molecule has 0 aromatic carbocycles. The number of nitrogens with one attached hydrogen (secondary N) is 1. The summed E-state index contributed by atoms with van der Waals surface area (Å²) in [6.45, 7) is -6.26. The monoisotopic (exact) mass is 599 g/mol. The Morgan fingerprint density at radius 3 is 1.46 bits per heavy atom. The Balaban J connectivity index is 7.29. The third-order valence-electron chi connectivity index (χ3n) is 4.19. The predicted octanol–water partition coefficient (Wildman–Crippen LogP) is 6.16. The maximum absolute atomic E-state index is 14.5. The van der Waals surface area contributed by atoms with Crippen LogP contribution in [0.5, 0.6) is 0 Å². The van der Waals surface area contributed by atoms with Crippen molar-refractivity contribution in [3.8, 4) is 0 Å². The van der Waals surface area contributed by atoms with E-state index in [2.05, 4.69) is 0 Å². The zero-order valence-corrected chi connectivity index (χ0v) is 17.3. The maximum Gasteiger partial charge on any atom is 0.469 e. The molecule has 222 valence electrons. The van der Waals surface area contributed by atoms with Gasteiger partial charge in [0.2, 0.25) is 0 Å². The van der Waals surface area contributed by atoms with Crippen LogP contribution in [0.3, 0.4) is 0 Å². The Hall–Kier alpha value is -1.94. The molecule has 0 aliphatic heterocycles. The van der Waals surface area contributed by atoms with Crippen molar-refractivity contribution in [2.45, 2.75) is 75.1 Å². The van der Waals surface area contributed by atoms with E-state index in [1.807, 2.05) is 0 Å². The van der Waals surface area contributed by atoms with E-state index in [1.54, 1.807) is 0 Å². The summed E-state index contributed by atoms with van der Waals surface area (Å²) >= 11 is 0. The van der Waals surface area contributed by atoms with Gasteiger partial charge in [-0.2, -0.15) is 70.2 Å². The lowest BCUT2D eigenvalue weighted by molar-refractivity contribution is -0.499. The summed E-state index contributed by atoms with van der Waals surface area (Å²) in [7, 11) is 0. The van der Waals surface area contributed by atoms with Gasteiger partial charge < -0.3 is 5.32 Å². The van der Waals surface area contributed by atoms with Crippen LogP contribution < -0.4 is 5.32 Å². The molecule has 23 heteroatoms. The molecule has 0 radical (unpaired) electrons. The van der Waals surface area contributed by atoms with Gasteiger partial charge in [0, 0.05) is 6.54 Å². The molecule has 1 amide bonds. The number of halogens is 19. The van der Waals surface area contributed by atoms with E-state index in [4.69, 9.17) is 0 Å². The van der Waals surface area contributed by atoms with Crippen LogP contribution in [-0.2, 0) is 4.79 Å². The van der Waals surface area contributed by atoms with Crippen LogP contribution in [0.25, 0.3) is 0 Å². The van der Waals surface area contributed by atoms with Crippen molar-refractivity contribution in [3.05, 3.63) is 0 Å². The second-order valence-corrected chi connectivity index (χ2v) is 6.73. The van der Waals surface area contributed by atoms with E-state index in [1.165, 1.54) is 6.92 Å². The lowest BCUT2D eigenvalue weighted by Gasteiger charge is -2.47. The molecule has 0 aromatic heterocycles. The molecular weight excluding hydrogens is 587 g/mol. The molecule has 0 aliphatic rings. The fourth-order valence-corrected chi connectivity index (χ4v) is 2.42. The third-order valence-corrected chi connectivity index (χ3v) is 4.19. The van der Waals surface area contributed by atoms with Crippen LogP contribution in [0.1, 0.15) is 19.8 Å². The van der Waals surface area contributed by atoms with Crippen LogP contribution >= 0.6 is 0 Å². The highest BCUT2D eigenvalue weighted by Crippen LogP contribution is 2.56. The minimum atomic E-state index is -8.41. The summed E-state index contributed by atoms with van der Waals surface area (Å²) in [5.41, 5.74) is -7.38. The first-order chi connectivity index (χ1) is 16.1. The van der Waals surface area contributed by atoms with Crippen LogP contribution in [-0.4, -0.2) is 77.6 Å². The smallest absolute Gasteiger partial charge is 0.353 e. The molecule has 37 heavy (non-hydrogen) atoms. The van der Waals surface area contributed by atoms with Gasteiger partial charge in [-0.15, -0.1) is 4.90 Å². The molecule has 0 aliphatic carbocycles. The van der Waals surface area contributed by atoms with E-state index < -0.39 is 84.0 Å². The maximum atomic E-state index is 14.5. The fraction of sp³-hybridized carbons (Fsp3) is 0.929. The molecule has 1 atom stereocenters. The summed E-state index contributed by atoms with van der Waals surface area (Å²) in [5, 5.41) is 0.680. The van der Waals surface area contributed by atoms with Crippen molar-refractivity contribution in [2.75, 3.05) is 6.54 Å². The molecule has 0 fully saturated rings. The summed E-state index contributed by atoms with van der Waals surface area (Å²) in [5.74, 6) is -3.78. The Labute approximate surface area is 192 Å². The number of nitrogens with zero attached hydrogens (tertiary/aromatic N) is 2. The van der Waals surface area contributed by atoms with E-state index in [0.29, 0.717) is 5.32 Å². The molecule has 4 nitrogen and oxygen atoms in total. The zero-order valence-electron chi connectivity index (χ0n) is 17.3. The van der Waals surface area contributed by atoms with E-state index >= 15 is 0 Å². The molecule has 1 N–H and O–H groups in total. The van der Waals surface area contributed by atoms with Crippen molar-refractivity contribution in [1.82, 2.24) is 15.1 Å². The van der Waals surface area contributed by atoms with Crippen molar-refractivity contribution in [1.29, 1.82) is 0 Å². The lowest BCUT2D eigenvalue weighted by atomic mass is 9.99. The van der Waals surface area contributed by atoms with E-state index in [0.717, 1.165) is 0 Å². The number of rotatable bonds is 12. The minimum Gasteiger partial charge on any atom is -0.353 e. The normalized spacial score (nSPS) is 16.6. The van der Waals surface area contributed by atoms with Gasteiger partial charge in [-0.1, -0.05) is 18.2 Å². The van der Waals surface area contributed by atoms with Gasteiger partial charge in [-0.05, 0) is 6.42 Å². The minimum absolute atomic E-state index is 0.0962. The lowest BCUT2D eigenvalue weighted by Crippen LogP contribution is -2.78. The number of hydrogen-bond acceptors (Lipinski definition) is 3. The Morgan fingerprint density at radius 1 is 0.730 bits per heavy atom.